The summed E-state index contributed by atoms with van der Waals surface area (Å²) in [6.45, 7) is 11.3. The molecule has 2 unspecified atom stereocenters. The van der Waals surface area contributed by atoms with Gasteiger partial charge in [0.1, 0.15) is 18.1 Å². The van der Waals surface area contributed by atoms with Crippen LogP contribution in [0.2, 0.25) is 0 Å². The van der Waals surface area contributed by atoms with Crippen molar-refractivity contribution in [2.75, 3.05) is 33.8 Å². The van der Waals surface area contributed by atoms with E-state index in [1.165, 1.54) is 4.90 Å². The Morgan fingerprint density at radius 1 is 0.944 bits per heavy atom. The van der Waals surface area contributed by atoms with E-state index in [0.29, 0.717) is 30.9 Å². The highest BCUT2D eigenvalue weighted by Gasteiger charge is 2.60. The first kappa shape index (κ1) is 42.3. The summed E-state index contributed by atoms with van der Waals surface area (Å²) in [6.07, 6.45) is 3.68. The van der Waals surface area contributed by atoms with Crippen molar-refractivity contribution >= 4 is 41.4 Å². The number of alkyl carbamates (subject to hydrolysis) is 1. The van der Waals surface area contributed by atoms with Crippen LogP contribution in [-0.4, -0.2) is 103 Å². The second-order valence-corrected chi connectivity index (χ2v) is 16.8. The Balaban J connectivity index is 1.49. The molecule has 3 fully saturated rings. The molecule has 8 atom stereocenters. The Bertz CT molecular complexity index is 1540. The molecule has 14 heteroatoms. The van der Waals surface area contributed by atoms with Crippen LogP contribution in [0.5, 0.6) is 0 Å². The molecular formula is C40H60N6O8. The lowest BCUT2D eigenvalue weighted by molar-refractivity contribution is -0.145. The zero-order chi connectivity index (χ0) is 39.9. The molecule has 1 aliphatic heterocycles. The van der Waals surface area contributed by atoms with Gasteiger partial charge in [-0.2, -0.15) is 0 Å². The van der Waals surface area contributed by atoms with Crippen LogP contribution < -0.4 is 21.3 Å². The number of hydrogen-bond acceptors (Lipinski definition) is 8. The number of ketones is 1. The fourth-order valence-corrected chi connectivity index (χ4v) is 8.27. The van der Waals surface area contributed by atoms with Gasteiger partial charge in [0.15, 0.2) is 0 Å². The molecule has 2 bridgehead atoms. The van der Waals surface area contributed by atoms with Gasteiger partial charge in [-0.25, -0.2) is 4.79 Å². The van der Waals surface area contributed by atoms with Crippen molar-refractivity contribution in [3.63, 3.8) is 0 Å². The van der Waals surface area contributed by atoms with E-state index in [1.807, 2.05) is 41.5 Å². The molecular weight excluding hydrogens is 692 g/mol. The van der Waals surface area contributed by atoms with Gasteiger partial charge in [-0.05, 0) is 66.3 Å². The second kappa shape index (κ2) is 18.2. The van der Waals surface area contributed by atoms with E-state index in [4.69, 9.17) is 4.74 Å². The predicted octanol–water partition coefficient (Wildman–Crippen LogP) is 2.96. The van der Waals surface area contributed by atoms with Gasteiger partial charge in [-0.3, -0.25) is 28.8 Å². The average molecular weight is 753 g/mol. The summed E-state index contributed by atoms with van der Waals surface area (Å²) in [7, 11) is 3.14. The molecule has 1 saturated heterocycles. The third kappa shape index (κ3) is 10.2. The number of likely N-dealkylation sites (tertiary alicyclic amines) is 1. The highest BCUT2D eigenvalue weighted by molar-refractivity contribution is 6.38. The summed E-state index contributed by atoms with van der Waals surface area (Å²) in [6, 6.07) is 4.63. The Morgan fingerprint density at radius 2 is 1.61 bits per heavy atom. The summed E-state index contributed by atoms with van der Waals surface area (Å²) in [5.74, 6) is -3.15. The fourth-order valence-electron chi connectivity index (χ4n) is 8.27. The molecule has 2 aliphatic carbocycles. The number of rotatable bonds is 16. The number of unbranched alkanes of at least 4 members (excludes halogenated alkanes) is 1. The fraction of sp³-hybridized carbons (Fsp3) is 0.675. The second-order valence-electron chi connectivity index (χ2n) is 16.8. The van der Waals surface area contributed by atoms with Crippen LogP contribution in [0, 0.1) is 35.0 Å². The minimum absolute atomic E-state index is 0.106. The largest absolute Gasteiger partial charge is 0.449 e. The first-order chi connectivity index (χ1) is 25.4. The van der Waals surface area contributed by atoms with E-state index in [-0.39, 0.29) is 48.5 Å². The number of carbonyl (C=O) groups excluding carboxylic acids is 7. The minimum atomic E-state index is -1.19. The Morgan fingerprint density at radius 3 is 2.22 bits per heavy atom. The normalized spacial score (nSPS) is 23.1. The molecule has 3 aliphatic rings. The predicted molar refractivity (Wildman–Crippen MR) is 201 cm³/mol. The van der Waals surface area contributed by atoms with E-state index in [9.17, 15) is 33.6 Å². The van der Waals surface area contributed by atoms with Crippen LogP contribution in [0.3, 0.4) is 0 Å². The number of ether oxygens (including phenoxy) is 1. The van der Waals surface area contributed by atoms with E-state index < -0.39 is 65.7 Å². The van der Waals surface area contributed by atoms with Crippen molar-refractivity contribution in [1.82, 2.24) is 31.1 Å². The van der Waals surface area contributed by atoms with E-state index in [0.717, 1.165) is 19.3 Å². The van der Waals surface area contributed by atoms with Crippen molar-refractivity contribution in [2.45, 2.75) is 104 Å². The van der Waals surface area contributed by atoms with Crippen LogP contribution in [0.15, 0.2) is 30.3 Å². The first-order valence-corrected chi connectivity index (χ1v) is 19.4. The molecule has 54 heavy (non-hydrogen) atoms. The van der Waals surface area contributed by atoms with E-state index in [2.05, 4.69) is 21.3 Å². The molecule has 6 amide bonds. The Labute approximate surface area is 319 Å². The van der Waals surface area contributed by atoms with Crippen molar-refractivity contribution in [3.8, 4) is 0 Å². The zero-order valence-corrected chi connectivity index (χ0v) is 33.1. The maximum absolute atomic E-state index is 14.4. The third-order valence-corrected chi connectivity index (χ3v) is 11.0. The molecule has 0 aromatic heterocycles. The van der Waals surface area contributed by atoms with Crippen LogP contribution >= 0.6 is 0 Å². The van der Waals surface area contributed by atoms with Crippen LogP contribution in [0.4, 0.5) is 4.79 Å². The number of likely N-dealkylation sites (N-methyl/N-ethyl adjacent to an activating group) is 1. The van der Waals surface area contributed by atoms with Gasteiger partial charge >= 0.3 is 6.09 Å². The molecule has 1 aromatic rings. The van der Waals surface area contributed by atoms with Gasteiger partial charge in [-0.1, -0.05) is 84.7 Å². The lowest BCUT2D eigenvalue weighted by atomic mass is 9.78. The number of carbonyl (C=O) groups is 7. The Kier molecular flexibility index (Phi) is 14.3. The number of benzene rings is 1. The lowest BCUT2D eigenvalue weighted by Crippen LogP contribution is -2.60. The molecule has 298 valence electrons. The highest BCUT2D eigenvalue weighted by Crippen LogP contribution is 2.57. The van der Waals surface area contributed by atoms with Gasteiger partial charge in [0.25, 0.3) is 5.91 Å². The average Bonchev–Trinajstić information content (AvgIpc) is 3.85. The van der Waals surface area contributed by atoms with E-state index >= 15 is 0 Å². The summed E-state index contributed by atoms with van der Waals surface area (Å²) in [5.41, 5.74) is -0.154. The van der Waals surface area contributed by atoms with Crippen molar-refractivity contribution < 1.29 is 38.3 Å². The number of fused-ring (bicyclic) bond motifs is 5. The molecule has 1 aromatic carbocycles. The van der Waals surface area contributed by atoms with Crippen LogP contribution in [-0.2, 0) is 33.5 Å². The maximum atomic E-state index is 14.4. The molecule has 4 N–H and O–H groups in total. The molecule has 0 spiro atoms. The molecule has 1 heterocycles. The van der Waals surface area contributed by atoms with Gasteiger partial charge in [0.05, 0.1) is 19.2 Å². The molecule has 0 radical (unpaired) electrons. The topological polar surface area (TPSA) is 183 Å². The summed E-state index contributed by atoms with van der Waals surface area (Å²) >= 11 is 0. The van der Waals surface area contributed by atoms with Crippen LogP contribution in [0.1, 0.15) is 91.7 Å². The number of nitrogens with zero attached hydrogens (tertiary/aromatic N) is 2. The number of nitrogens with one attached hydrogen (secondary N) is 4. The maximum Gasteiger partial charge on any atom is 0.407 e. The SMILES string of the molecule is CCCCC(NC(=O)[C@@H]1[C@H]2[C@@H]3CC[C@@H](C3)[C@H]2CN1C(=O)[C@@H](NC(=O)OCC(C)C)C(C)(C)C)C(=O)C(=O)NCC(=O)NC(C(=O)N(C)C)c1ccccc1. The van der Waals surface area contributed by atoms with Gasteiger partial charge < -0.3 is 35.8 Å². The number of hydrogen-bond donors (Lipinski definition) is 4. The standard InChI is InChI=1S/C40H60N6O8/c1-9-10-16-28(33(48)36(50)41-20-29(47)43-31(37(51)45(7)8)24-14-12-11-13-15-24)42-35(49)32-30-26-18-17-25(19-26)27(30)21-46(32)38(52)34(40(4,5)6)44-39(53)54-22-23(2)3/h11-15,23,25-28,30-32,34H,9-10,16-22H2,1-8H3,(H,41,50)(H,42,49)(H,43,47)(H,44,53)/t25-,26+,27+,28?,30-,31?,32-,34+/m0/s1. The third-order valence-electron chi connectivity index (χ3n) is 11.0. The van der Waals surface area contributed by atoms with Crippen molar-refractivity contribution in [3.05, 3.63) is 35.9 Å². The molecule has 2 saturated carbocycles. The number of Topliss-reactive ketones (excluding diaryl/α,β-unsaturated/α-hetero) is 1. The Hall–Kier alpha value is -4.49. The van der Waals surface area contributed by atoms with Gasteiger partial charge in [0.2, 0.25) is 29.4 Å². The van der Waals surface area contributed by atoms with Crippen LogP contribution in [0.25, 0.3) is 0 Å². The van der Waals surface area contributed by atoms with Gasteiger partial charge in [-0.15, -0.1) is 0 Å². The lowest BCUT2D eigenvalue weighted by Gasteiger charge is -2.37. The quantitative estimate of drug-likeness (QED) is 0.186. The smallest absolute Gasteiger partial charge is 0.407 e. The van der Waals surface area contributed by atoms with Gasteiger partial charge in [0, 0.05) is 20.6 Å². The van der Waals surface area contributed by atoms with Crippen molar-refractivity contribution in [2.24, 2.45) is 35.0 Å². The number of amides is 6. The van der Waals surface area contributed by atoms with Crippen molar-refractivity contribution in [1.29, 1.82) is 0 Å². The summed E-state index contributed by atoms with van der Waals surface area (Å²) in [5, 5.41) is 10.6. The summed E-state index contributed by atoms with van der Waals surface area (Å²) in [4.78, 5) is 97.2. The highest BCUT2D eigenvalue weighted by atomic mass is 16.5. The monoisotopic (exact) mass is 752 g/mol. The molecule has 14 nitrogen and oxygen atoms in total. The van der Waals surface area contributed by atoms with E-state index in [1.54, 1.807) is 49.3 Å². The summed E-state index contributed by atoms with van der Waals surface area (Å²) < 4.78 is 5.35. The zero-order valence-electron chi connectivity index (χ0n) is 33.1. The minimum Gasteiger partial charge on any atom is -0.449 e. The molecule has 4 rings (SSSR count). The first-order valence-electron chi connectivity index (χ1n) is 19.4.